The van der Waals surface area contributed by atoms with Gasteiger partial charge in [0.05, 0.1) is 11.0 Å². The van der Waals surface area contributed by atoms with E-state index in [9.17, 15) is 4.79 Å². The number of H-pyrrole nitrogens is 1. The number of hydrogen-bond donors (Lipinski definition) is 1. The van der Waals surface area contributed by atoms with Crippen molar-refractivity contribution in [1.82, 2.24) is 9.55 Å². The van der Waals surface area contributed by atoms with Gasteiger partial charge in [-0.2, -0.15) is 0 Å². The zero-order valence-corrected chi connectivity index (χ0v) is 30.9. The lowest BCUT2D eigenvalue weighted by Crippen LogP contribution is -2.09. The molecule has 8 aromatic carbocycles. The first-order valence-electron chi connectivity index (χ1n) is 18.5. The van der Waals surface area contributed by atoms with Crippen LogP contribution < -0.4 is 9.80 Å². The molecule has 0 fully saturated rings. The lowest BCUT2D eigenvalue weighted by Gasteiger charge is -2.25. The number of aromatic nitrogens is 2. The van der Waals surface area contributed by atoms with Gasteiger partial charge in [0, 0.05) is 73.6 Å². The number of benzene rings is 8. The molecule has 2 aromatic heterocycles. The topological polar surface area (TPSA) is 75.8 Å². The molecule has 0 spiro atoms. The monoisotopic (exact) mass is 728 g/mol. The highest BCUT2D eigenvalue weighted by Gasteiger charge is 2.18. The molecule has 0 radical (unpaired) electrons. The fraction of sp³-hybridized carbons (Fsp3) is 0.0200. The first-order chi connectivity index (χ1) is 27.1. The summed E-state index contributed by atoms with van der Waals surface area (Å²) in [5.41, 5.74) is 10.9. The van der Waals surface area contributed by atoms with Gasteiger partial charge in [0.1, 0.15) is 0 Å². The molecule has 0 saturated heterocycles. The third-order valence-electron chi connectivity index (χ3n) is 10.0. The quantitative estimate of drug-likeness (QED) is 0.185. The van der Waals surface area contributed by atoms with Crippen LogP contribution >= 0.6 is 0 Å². The highest BCUT2D eigenvalue weighted by atomic mass is 16.1. The predicted molar refractivity (Wildman–Crippen MR) is 235 cm³/mol. The molecule has 2 heterocycles. The van der Waals surface area contributed by atoms with Gasteiger partial charge in [-0.3, -0.25) is 9.36 Å². The van der Waals surface area contributed by atoms with Crippen LogP contribution in [0, 0.1) is 0 Å². The van der Waals surface area contributed by atoms with Gasteiger partial charge >= 0.3 is 0 Å². The number of carbonyl (C=O) groups is 1. The lowest BCUT2D eigenvalue weighted by molar-refractivity contribution is 0.0946. The number of aromatic amines is 1. The maximum atomic E-state index is 12.3. The maximum absolute atomic E-state index is 12.3. The number of anilines is 6. The highest BCUT2D eigenvalue weighted by Crippen LogP contribution is 2.39. The largest absolute Gasteiger partial charge is 0.412 e. The molecule has 0 atom stereocenters. The Morgan fingerprint density at radius 2 is 0.786 bits per heavy atom. The first-order valence-corrected chi connectivity index (χ1v) is 18.5. The Labute approximate surface area is 325 Å². The van der Waals surface area contributed by atoms with Gasteiger partial charge in [-0.05, 0) is 97.1 Å². The van der Waals surface area contributed by atoms with Crippen LogP contribution in [0.3, 0.4) is 0 Å². The molecule has 3 N–H and O–H groups in total. The first kappa shape index (κ1) is 35.6. The van der Waals surface area contributed by atoms with Crippen molar-refractivity contribution in [3.05, 3.63) is 206 Å². The van der Waals surface area contributed by atoms with Crippen LogP contribution in [0.1, 0.15) is 11.7 Å². The summed E-state index contributed by atoms with van der Waals surface area (Å²) in [6, 6.07) is 71.1. The summed E-state index contributed by atoms with van der Waals surface area (Å²) in [7, 11) is 0. The summed E-state index contributed by atoms with van der Waals surface area (Å²) >= 11 is 0. The summed E-state index contributed by atoms with van der Waals surface area (Å²) in [5.74, 6) is 0.0203. The summed E-state index contributed by atoms with van der Waals surface area (Å²) < 4.78 is 1.80. The van der Waals surface area contributed by atoms with Crippen molar-refractivity contribution >= 4 is 83.6 Å². The lowest BCUT2D eigenvalue weighted by atomic mass is 10.1. The third kappa shape index (κ3) is 6.66. The van der Waals surface area contributed by atoms with Crippen molar-refractivity contribution in [1.29, 1.82) is 0 Å². The van der Waals surface area contributed by atoms with Gasteiger partial charge in [-0.1, -0.05) is 109 Å². The van der Waals surface area contributed by atoms with E-state index in [4.69, 9.17) is 0 Å². The molecule has 56 heavy (non-hydrogen) atoms. The van der Waals surface area contributed by atoms with E-state index >= 15 is 0 Å². The normalized spacial score (nSPS) is 10.9. The zero-order chi connectivity index (χ0) is 37.1. The molecule has 0 saturated carbocycles. The van der Waals surface area contributed by atoms with Crippen LogP contribution in [0.4, 0.5) is 34.1 Å². The fourth-order valence-corrected chi connectivity index (χ4v) is 7.62. The third-order valence-corrected chi connectivity index (χ3v) is 10.0. The van der Waals surface area contributed by atoms with E-state index in [0.29, 0.717) is 0 Å². The maximum Gasteiger partial charge on any atom is 0.228 e. The second-order valence-corrected chi connectivity index (χ2v) is 13.5. The Morgan fingerprint density at radius 3 is 1.30 bits per heavy atom. The van der Waals surface area contributed by atoms with E-state index in [0.717, 1.165) is 61.4 Å². The number of hydrogen-bond acceptors (Lipinski definition) is 3. The SMILES string of the molecule is CC(=O)n1c2ccccc2c2cc(N(c3ccccc3)c3ccccc3)ccc21.O.c1ccc(N(c2ccccc2)c2ccc3[nH]c4ccccc4c3c2)cc1. The van der Waals surface area contributed by atoms with Crippen LogP contribution in [0.25, 0.3) is 43.6 Å². The summed E-state index contributed by atoms with van der Waals surface area (Å²) in [4.78, 5) is 20.4. The van der Waals surface area contributed by atoms with Crippen LogP contribution in [0.5, 0.6) is 0 Å². The summed E-state index contributed by atoms with van der Waals surface area (Å²) in [6.07, 6.45) is 0. The Kier molecular flexibility index (Phi) is 9.87. The van der Waals surface area contributed by atoms with Gasteiger partial charge in [-0.15, -0.1) is 0 Å². The Hall–Kier alpha value is -7.41. The van der Waals surface area contributed by atoms with E-state index in [1.54, 1.807) is 11.5 Å². The molecule has 6 heteroatoms. The van der Waals surface area contributed by atoms with Crippen molar-refractivity contribution in [3.8, 4) is 0 Å². The predicted octanol–water partition coefficient (Wildman–Crippen LogP) is 12.9. The second kappa shape index (κ2) is 15.5. The van der Waals surface area contributed by atoms with Crippen molar-refractivity contribution in [2.24, 2.45) is 0 Å². The molecule has 6 nitrogen and oxygen atoms in total. The zero-order valence-electron chi connectivity index (χ0n) is 30.9. The van der Waals surface area contributed by atoms with E-state index in [1.807, 2.05) is 60.7 Å². The second-order valence-electron chi connectivity index (χ2n) is 13.5. The Balaban J connectivity index is 0.000000156. The molecule has 0 aliphatic heterocycles. The molecule has 0 aliphatic rings. The Morgan fingerprint density at radius 1 is 0.393 bits per heavy atom. The number of nitrogens with zero attached hydrogens (tertiary/aromatic N) is 3. The van der Waals surface area contributed by atoms with Crippen molar-refractivity contribution < 1.29 is 10.3 Å². The molecule has 272 valence electrons. The van der Waals surface area contributed by atoms with E-state index < -0.39 is 0 Å². The average Bonchev–Trinajstić information content (AvgIpc) is 3.78. The van der Waals surface area contributed by atoms with Gasteiger partial charge in [0.2, 0.25) is 5.91 Å². The smallest absolute Gasteiger partial charge is 0.228 e. The Bertz CT molecular complexity index is 2830. The number of fused-ring (bicyclic) bond motifs is 6. The highest BCUT2D eigenvalue weighted by molar-refractivity contribution is 6.14. The summed E-state index contributed by atoms with van der Waals surface area (Å²) in [6.45, 7) is 1.61. The molecule has 0 unspecified atom stereocenters. The van der Waals surface area contributed by atoms with Crippen LogP contribution in [-0.2, 0) is 0 Å². The van der Waals surface area contributed by atoms with Gasteiger partial charge < -0.3 is 20.3 Å². The van der Waals surface area contributed by atoms with E-state index in [-0.39, 0.29) is 11.4 Å². The minimum Gasteiger partial charge on any atom is -0.412 e. The van der Waals surface area contributed by atoms with Crippen LogP contribution in [0.15, 0.2) is 206 Å². The molecule has 0 amide bonds. The number of carbonyl (C=O) groups excluding carboxylic acids is 1. The molecular weight excluding hydrogens is 689 g/mol. The van der Waals surface area contributed by atoms with Crippen LogP contribution in [0.2, 0.25) is 0 Å². The van der Waals surface area contributed by atoms with Crippen molar-refractivity contribution in [3.63, 3.8) is 0 Å². The number of para-hydroxylation sites is 6. The minimum absolute atomic E-state index is 0. The van der Waals surface area contributed by atoms with E-state index in [2.05, 4.69) is 160 Å². The van der Waals surface area contributed by atoms with Gasteiger partial charge in [0.15, 0.2) is 0 Å². The molecular formula is C50H40N4O2. The standard InChI is InChI=1S/C26H20N2O.C24H18N2.H2O/c1-19(29)27-25-15-9-8-14-23(25)24-18-22(16-17-26(24)27)28(20-10-4-2-5-11-20)21-12-6-3-7-13-21;1-3-9-18(10-4-1)26(19-11-5-2-6-12-19)20-15-16-24-22(17-20)21-13-7-8-14-23(21)25-24;/h2-18H,1H3;1-17,25H;1H2. The van der Waals surface area contributed by atoms with E-state index in [1.165, 1.54) is 16.3 Å². The molecule has 0 bridgehead atoms. The fourth-order valence-electron chi connectivity index (χ4n) is 7.62. The van der Waals surface area contributed by atoms with Gasteiger partial charge in [-0.25, -0.2) is 0 Å². The van der Waals surface area contributed by atoms with Crippen molar-refractivity contribution in [2.75, 3.05) is 9.80 Å². The molecule has 10 rings (SSSR count). The van der Waals surface area contributed by atoms with Crippen LogP contribution in [-0.4, -0.2) is 20.9 Å². The minimum atomic E-state index is 0. The van der Waals surface area contributed by atoms with Crippen molar-refractivity contribution in [2.45, 2.75) is 6.92 Å². The molecule has 10 aromatic rings. The van der Waals surface area contributed by atoms with Gasteiger partial charge in [0.25, 0.3) is 0 Å². The average molecular weight is 729 g/mol. The number of rotatable bonds is 6. The number of nitrogens with one attached hydrogen (secondary N) is 1. The summed E-state index contributed by atoms with van der Waals surface area (Å²) in [5, 5.41) is 4.66. The molecule has 0 aliphatic carbocycles.